The number of allylic oxidation sites excluding steroid dienone is 1. The first-order valence-electron chi connectivity index (χ1n) is 10.7. The summed E-state index contributed by atoms with van der Waals surface area (Å²) < 4.78 is 0. The number of aliphatic hydroxyl groups excluding tert-OH is 1. The Morgan fingerprint density at radius 2 is 0.960 bits per heavy atom. The Hall–Kier alpha value is -0.830. The standard InChI is InChI=1S/C22H42O3/c1-21(22(24)25)19-17-15-13-11-9-7-5-3-2-4-6-8-10-12-14-16-18-20-23/h19,23H,2-18,20H2,1H3,(H,24,25)/b21-19+. The monoisotopic (exact) mass is 354 g/mol. The summed E-state index contributed by atoms with van der Waals surface area (Å²) in [6.07, 6.45) is 23.5. The Bertz CT molecular complexity index is 323. The molecule has 0 atom stereocenters. The van der Waals surface area contributed by atoms with Gasteiger partial charge in [-0.2, -0.15) is 0 Å². The van der Waals surface area contributed by atoms with Crippen LogP contribution in [0.5, 0.6) is 0 Å². The second-order valence-corrected chi connectivity index (χ2v) is 7.36. The minimum atomic E-state index is -0.793. The van der Waals surface area contributed by atoms with Gasteiger partial charge in [0.25, 0.3) is 0 Å². The molecular weight excluding hydrogens is 312 g/mol. The van der Waals surface area contributed by atoms with E-state index in [0.29, 0.717) is 12.2 Å². The fourth-order valence-electron chi connectivity index (χ4n) is 3.14. The lowest BCUT2D eigenvalue weighted by molar-refractivity contribution is -0.132. The molecule has 0 fully saturated rings. The van der Waals surface area contributed by atoms with Crippen molar-refractivity contribution in [2.45, 2.75) is 116 Å². The van der Waals surface area contributed by atoms with E-state index in [1.54, 1.807) is 6.92 Å². The van der Waals surface area contributed by atoms with Crippen molar-refractivity contribution in [2.24, 2.45) is 0 Å². The van der Waals surface area contributed by atoms with Crippen LogP contribution in [0.2, 0.25) is 0 Å². The number of rotatable bonds is 19. The molecule has 0 radical (unpaired) electrons. The van der Waals surface area contributed by atoms with Crippen molar-refractivity contribution in [2.75, 3.05) is 6.61 Å². The van der Waals surface area contributed by atoms with E-state index in [9.17, 15) is 4.79 Å². The maximum atomic E-state index is 10.6. The van der Waals surface area contributed by atoms with Crippen LogP contribution in [0.15, 0.2) is 11.6 Å². The van der Waals surface area contributed by atoms with Crippen molar-refractivity contribution in [1.29, 1.82) is 0 Å². The molecule has 0 aromatic heterocycles. The molecular formula is C22H42O3. The summed E-state index contributed by atoms with van der Waals surface area (Å²) in [5.74, 6) is -0.793. The van der Waals surface area contributed by atoms with Crippen LogP contribution in [0.25, 0.3) is 0 Å². The third-order valence-corrected chi connectivity index (χ3v) is 4.90. The Balaban J connectivity index is 3.10. The summed E-state index contributed by atoms with van der Waals surface area (Å²) in [5.41, 5.74) is 0.474. The molecule has 0 aromatic carbocycles. The van der Waals surface area contributed by atoms with Crippen LogP contribution in [0.1, 0.15) is 116 Å². The topological polar surface area (TPSA) is 57.5 Å². The molecule has 0 aliphatic rings. The van der Waals surface area contributed by atoms with Crippen molar-refractivity contribution >= 4 is 5.97 Å². The summed E-state index contributed by atoms with van der Waals surface area (Å²) in [6.45, 7) is 2.02. The first-order chi connectivity index (χ1) is 12.2. The molecule has 0 amide bonds. The average Bonchev–Trinajstić information content (AvgIpc) is 2.60. The zero-order valence-electron chi connectivity index (χ0n) is 16.6. The Morgan fingerprint density at radius 3 is 1.28 bits per heavy atom. The Morgan fingerprint density at radius 1 is 0.640 bits per heavy atom. The van der Waals surface area contributed by atoms with E-state index in [0.717, 1.165) is 19.3 Å². The van der Waals surface area contributed by atoms with Crippen LogP contribution < -0.4 is 0 Å². The number of carboxylic acid groups (broad SMARTS) is 1. The molecule has 2 N–H and O–H groups in total. The molecule has 0 aromatic rings. The van der Waals surface area contributed by atoms with E-state index in [2.05, 4.69) is 0 Å². The second kappa shape index (κ2) is 19.5. The number of hydrogen-bond acceptors (Lipinski definition) is 2. The van der Waals surface area contributed by atoms with E-state index >= 15 is 0 Å². The van der Waals surface area contributed by atoms with E-state index in [4.69, 9.17) is 10.2 Å². The van der Waals surface area contributed by atoms with Crippen LogP contribution in [0.3, 0.4) is 0 Å². The lowest BCUT2D eigenvalue weighted by atomic mass is 10.0. The Kier molecular flexibility index (Phi) is 18.8. The number of carbonyl (C=O) groups is 1. The molecule has 0 rings (SSSR count). The highest BCUT2D eigenvalue weighted by atomic mass is 16.4. The summed E-state index contributed by atoms with van der Waals surface area (Å²) in [6, 6.07) is 0. The summed E-state index contributed by atoms with van der Waals surface area (Å²) in [7, 11) is 0. The third-order valence-electron chi connectivity index (χ3n) is 4.90. The average molecular weight is 355 g/mol. The van der Waals surface area contributed by atoms with Crippen LogP contribution in [0.4, 0.5) is 0 Å². The third kappa shape index (κ3) is 19.3. The van der Waals surface area contributed by atoms with Gasteiger partial charge in [0, 0.05) is 12.2 Å². The molecule has 25 heavy (non-hydrogen) atoms. The van der Waals surface area contributed by atoms with Crippen molar-refractivity contribution in [3.05, 3.63) is 11.6 Å². The minimum Gasteiger partial charge on any atom is -0.478 e. The van der Waals surface area contributed by atoms with E-state index < -0.39 is 5.97 Å². The SMILES string of the molecule is C/C(=C\CCCCCCCCCCCCCCCCCCO)C(=O)O. The maximum Gasteiger partial charge on any atom is 0.330 e. The van der Waals surface area contributed by atoms with Crippen molar-refractivity contribution in [1.82, 2.24) is 0 Å². The molecule has 0 aliphatic carbocycles. The van der Waals surface area contributed by atoms with Gasteiger partial charge in [-0.1, -0.05) is 96.0 Å². The first kappa shape index (κ1) is 24.2. The molecule has 0 unspecified atom stereocenters. The molecule has 0 saturated heterocycles. The van der Waals surface area contributed by atoms with Gasteiger partial charge in [-0.05, 0) is 26.2 Å². The molecule has 3 heteroatoms. The predicted molar refractivity (Wildman–Crippen MR) is 107 cm³/mol. The van der Waals surface area contributed by atoms with Gasteiger partial charge in [0.05, 0.1) is 0 Å². The zero-order chi connectivity index (χ0) is 18.6. The van der Waals surface area contributed by atoms with E-state index in [1.165, 1.54) is 89.9 Å². The van der Waals surface area contributed by atoms with Gasteiger partial charge in [0.15, 0.2) is 0 Å². The summed E-state index contributed by atoms with van der Waals surface area (Å²) in [4.78, 5) is 10.6. The van der Waals surface area contributed by atoms with Gasteiger partial charge in [-0.15, -0.1) is 0 Å². The number of aliphatic hydroxyl groups is 1. The molecule has 3 nitrogen and oxygen atoms in total. The molecule has 148 valence electrons. The maximum absolute atomic E-state index is 10.6. The van der Waals surface area contributed by atoms with Gasteiger partial charge in [-0.3, -0.25) is 0 Å². The Labute approximate surface area is 155 Å². The highest BCUT2D eigenvalue weighted by Gasteiger charge is 1.98. The zero-order valence-corrected chi connectivity index (χ0v) is 16.6. The second-order valence-electron chi connectivity index (χ2n) is 7.36. The van der Waals surface area contributed by atoms with Crippen LogP contribution in [-0.2, 0) is 4.79 Å². The lowest BCUT2D eigenvalue weighted by Crippen LogP contribution is -1.95. The number of unbranched alkanes of at least 4 members (excludes halogenated alkanes) is 16. The highest BCUT2D eigenvalue weighted by Crippen LogP contribution is 2.14. The normalized spacial score (nSPS) is 11.8. The van der Waals surface area contributed by atoms with Crippen molar-refractivity contribution in [3.8, 4) is 0 Å². The molecule has 0 saturated carbocycles. The van der Waals surface area contributed by atoms with E-state index in [1.807, 2.05) is 6.08 Å². The minimum absolute atomic E-state index is 0.351. The van der Waals surface area contributed by atoms with E-state index in [-0.39, 0.29) is 0 Å². The molecule has 0 aliphatic heterocycles. The van der Waals surface area contributed by atoms with Gasteiger partial charge < -0.3 is 10.2 Å². The summed E-state index contributed by atoms with van der Waals surface area (Å²) >= 11 is 0. The smallest absolute Gasteiger partial charge is 0.330 e. The molecule has 0 spiro atoms. The number of aliphatic carboxylic acids is 1. The van der Waals surface area contributed by atoms with Crippen molar-refractivity contribution < 1.29 is 15.0 Å². The van der Waals surface area contributed by atoms with Crippen LogP contribution >= 0.6 is 0 Å². The highest BCUT2D eigenvalue weighted by molar-refractivity contribution is 5.85. The van der Waals surface area contributed by atoms with Crippen LogP contribution in [0, 0.1) is 0 Å². The largest absolute Gasteiger partial charge is 0.478 e. The fourth-order valence-corrected chi connectivity index (χ4v) is 3.14. The lowest BCUT2D eigenvalue weighted by Gasteiger charge is -2.03. The van der Waals surface area contributed by atoms with Gasteiger partial charge >= 0.3 is 5.97 Å². The number of carboxylic acids is 1. The summed E-state index contributed by atoms with van der Waals surface area (Å²) in [5, 5.41) is 17.5. The van der Waals surface area contributed by atoms with Crippen LogP contribution in [-0.4, -0.2) is 22.8 Å². The van der Waals surface area contributed by atoms with Gasteiger partial charge in [0.2, 0.25) is 0 Å². The van der Waals surface area contributed by atoms with Gasteiger partial charge in [0.1, 0.15) is 0 Å². The van der Waals surface area contributed by atoms with Crippen molar-refractivity contribution in [3.63, 3.8) is 0 Å². The molecule has 0 bridgehead atoms. The van der Waals surface area contributed by atoms with Gasteiger partial charge in [-0.25, -0.2) is 4.79 Å². The molecule has 0 heterocycles. The predicted octanol–water partition coefficient (Wildman–Crippen LogP) is 6.64. The number of hydrogen-bond donors (Lipinski definition) is 2. The first-order valence-corrected chi connectivity index (χ1v) is 10.7. The fraction of sp³-hybridized carbons (Fsp3) is 0.864. The quantitative estimate of drug-likeness (QED) is 0.202.